The minimum absolute atomic E-state index is 0.0146. The van der Waals surface area contributed by atoms with Crippen LogP contribution in [0.1, 0.15) is 185 Å². The van der Waals surface area contributed by atoms with Crippen LogP contribution in [0.25, 0.3) is 0 Å². The third-order valence-corrected chi connectivity index (χ3v) is 12.5. The number of aryl methyl sites for hydroxylation is 3. The summed E-state index contributed by atoms with van der Waals surface area (Å²) in [6.45, 7) is 6.74. The zero-order valence-electron chi connectivity index (χ0n) is 37.9. The van der Waals surface area contributed by atoms with E-state index in [4.69, 9.17) is 0 Å². The zero-order chi connectivity index (χ0) is 43.5. The molecule has 6 heteroatoms. The molecule has 0 amide bonds. The fraction of sp³-hybridized carbons (Fsp3) is 0.429. The molecule has 0 heterocycles. The maximum atomic E-state index is 15.0. The Labute approximate surface area is 372 Å². The van der Waals surface area contributed by atoms with E-state index in [-0.39, 0.29) is 33.8 Å². The molecule has 328 valence electrons. The van der Waals surface area contributed by atoms with Gasteiger partial charge in [-0.05, 0) is 116 Å². The van der Waals surface area contributed by atoms with Crippen LogP contribution in [0.4, 0.5) is 34.1 Å². The van der Waals surface area contributed by atoms with Crippen LogP contribution in [0, 0.1) is 0 Å². The number of fused-ring (bicyclic) bond motifs is 2. The number of carbonyl (C=O) groups is 2. The van der Waals surface area contributed by atoms with Gasteiger partial charge in [-0.1, -0.05) is 153 Å². The first-order valence-corrected chi connectivity index (χ1v) is 24.1. The summed E-state index contributed by atoms with van der Waals surface area (Å²) in [5, 5.41) is 21.7. The van der Waals surface area contributed by atoms with Gasteiger partial charge in [-0.25, -0.2) is 0 Å². The van der Waals surface area contributed by atoms with Gasteiger partial charge in [0.1, 0.15) is 5.75 Å². The van der Waals surface area contributed by atoms with Gasteiger partial charge in [0.15, 0.2) is 11.6 Å². The summed E-state index contributed by atoms with van der Waals surface area (Å²) in [4.78, 5) is 29.8. The molecule has 62 heavy (non-hydrogen) atoms. The lowest BCUT2D eigenvalue weighted by Crippen LogP contribution is -2.25. The second-order valence-corrected chi connectivity index (χ2v) is 17.5. The average Bonchev–Trinajstić information content (AvgIpc) is 3.29. The Morgan fingerprint density at radius 1 is 0.339 bits per heavy atom. The van der Waals surface area contributed by atoms with Crippen LogP contribution >= 0.6 is 0 Å². The standard InChI is InChI=1S/C56H71N3O3/c1-4-7-10-13-16-19-22-41-25-31-44(32-26-41)57-47-37-38-48(58-45-33-27-42(28-34-45)23-20-17-14-11-8-5-2)52-51(47)55(61)53-49(39-40-50(60)54(53)56(52)62)59-46-35-29-43(30-36-46)24-21-18-15-12-9-6-3/h25-40,57-60H,4-24H2,1-3H3. The first-order chi connectivity index (χ1) is 30.4. The summed E-state index contributed by atoms with van der Waals surface area (Å²) in [5.74, 6) is -0.939. The molecule has 5 aromatic carbocycles. The first kappa shape index (κ1) is 46.2. The average molecular weight is 834 g/mol. The van der Waals surface area contributed by atoms with Gasteiger partial charge in [0, 0.05) is 17.1 Å². The van der Waals surface area contributed by atoms with Crippen LogP contribution in [0.3, 0.4) is 0 Å². The Balaban J connectivity index is 1.25. The van der Waals surface area contributed by atoms with Crippen LogP contribution in [-0.4, -0.2) is 16.7 Å². The van der Waals surface area contributed by atoms with Gasteiger partial charge in [-0.15, -0.1) is 0 Å². The number of hydrogen-bond donors (Lipinski definition) is 4. The minimum Gasteiger partial charge on any atom is -0.507 e. The molecule has 0 aliphatic heterocycles. The Hall–Kier alpha value is -5.36. The van der Waals surface area contributed by atoms with Crippen molar-refractivity contribution in [2.24, 2.45) is 0 Å². The Bertz CT molecular complexity index is 2170. The highest BCUT2D eigenvalue weighted by molar-refractivity contribution is 6.34. The number of unbranched alkanes of at least 4 members (excludes halogenated alkanes) is 15. The highest BCUT2D eigenvalue weighted by Gasteiger charge is 2.38. The monoisotopic (exact) mass is 834 g/mol. The second-order valence-electron chi connectivity index (χ2n) is 17.5. The van der Waals surface area contributed by atoms with Crippen LogP contribution in [-0.2, 0) is 19.3 Å². The Kier molecular flexibility index (Phi) is 18.1. The number of hydrogen-bond acceptors (Lipinski definition) is 6. The number of rotatable bonds is 27. The predicted molar refractivity (Wildman–Crippen MR) is 262 cm³/mol. The van der Waals surface area contributed by atoms with E-state index in [1.807, 2.05) is 36.4 Å². The number of ketones is 2. The minimum atomic E-state index is -0.398. The van der Waals surface area contributed by atoms with E-state index < -0.39 is 5.78 Å². The topological polar surface area (TPSA) is 90.5 Å². The van der Waals surface area contributed by atoms with Crippen molar-refractivity contribution in [3.8, 4) is 5.75 Å². The fourth-order valence-corrected chi connectivity index (χ4v) is 8.75. The van der Waals surface area contributed by atoms with Crippen molar-refractivity contribution in [1.29, 1.82) is 0 Å². The molecular weight excluding hydrogens is 763 g/mol. The molecule has 0 spiro atoms. The number of phenolic OH excluding ortho intramolecular Hbond substituents is 1. The highest BCUT2D eigenvalue weighted by Crippen LogP contribution is 2.44. The number of nitrogens with one attached hydrogen (secondary N) is 3. The number of phenols is 1. The van der Waals surface area contributed by atoms with Gasteiger partial charge in [0.25, 0.3) is 0 Å². The van der Waals surface area contributed by atoms with E-state index in [9.17, 15) is 9.90 Å². The van der Waals surface area contributed by atoms with E-state index >= 15 is 4.79 Å². The summed E-state index contributed by atoms with van der Waals surface area (Å²) in [7, 11) is 0. The Morgan fingerprint density at radius 3 is 0.952 bits per heavy atom. The van der Waals surface area contributed by atoms with Gasteiger partial charge in [0.05, 0.1) is 39.3 Å². The molecule has 1 aliphatic carbocycles. The van der Waals surface area contributed by atoms with Gasteiger partial charge < -0.3 is 21.1 Å². The van der Waals surface area contributed by atoms with Crippen molar-refractivity contribution in [1.82, 2.24) is 0 Å². The molecule has 6 rings (SSSR count). The molecular formula is C56H71N3O3. The van der Waals surface area contributed by atoms with E-state index in [1.54, 1.807) is 6.07 Å². The maximum Gasteiger partial charge on any atom is 0.200 e. The molecule has 0 unspecified atom stereocenters. The second kappa shape index (κ2) is 24.3. The van der Waals surface area contributed by atoms with Crippen molar-refractivity contribution < 1.29 is 14.7 Å². The zero-order valence-corrected chi connectivity index (χ0v) is 37.9. The molecule has 0 bridgehead atoms. The van der Waals surface area contributed by atoms with Crippen molar-refractivity contribution in [2.45, 2.75) is 156 Å². The van der Waals surface area contributed by atoms with Crippen LogP contribution in [0.2, 0.25) is 0 Å². The third kappa shape index (κ3) is 12.8. The van der Waals surface area contributed by atoms with Crippen molar-refractivity contribution in [3.05, 3.63) is 136 Å². The largest absolute Gasteiger partial charge is 0.507 e. The fourth-order valence-electron chi connectivity index (χ4n) is 8.75. The third-order valence-electron chi connectivity index (χ3n) is 12.5. The first-order valence-electron chi connectivity index (χ1n) is 24.1. The van der Waals surface area contributed by atoms with E-state index in [2.05, 4.69) is 85.3 Å². The lowest BCUT2D eigenvalue weighted by Gasteiger charge is -2.26. The van der Waals surface area contributed by atoms with Gasteiger partial charge >= 0.3 is 0 Å². The summed E-state index contributed by atoms with van der Waals surface area (Å²) in [6, 6.07) is 32.0. The molecule has 6 nitrogen and oxygen atoms in total. The summed E-state index contributed by atoms with van der Waals surface area (Å²) in [6.07, 6.45) is 25.7. The number of aromatic hydroxyl groups is 1. The number of carbonyl (C=O) groups excluding carboxylic acids is 2. The normalized spacial score (nSPS) is 12.0. The number of benzene rings is 5. The quantitative estimate of drug-likeness (QED) is 0.0305. The van der Waals surface area contributed by atoms with Crippen molar-refractivity contribution >= 4 is 45.7 Å². The molecule has 0 fully saturated rings. The van der Waals surface area contributed by atoms with Crippen molar-refractivity contribution in [3.63, 3.8) is 0 Å². The molecule has 1 aliphatic rings. The molecule has 0 radical (unpaired) electrons. The molecule has 0 saturated heterocycles. The molecule has 0 atom stereocenters. The Morgan fingerprint density at radius 2 is 0.613 bits per heavy atom. The van der Waals surface area contributed by atoms with Gasteiger partial charge in [-0.2, -0.15) is 0 Å². The summed E-state index contributed by atoms with van der Waals surface area (Å²) < 4.78 is 0. The molecule has 4 N–H and O–H groups in total. The lowest BCUT2D eigenvalue weighted by molar-refractivity contribution is 0.0978. The van der Waals surface area contributed by atoms with Crippen LogP contribution in [0.15, 0.2) is 97.1 Å². The van der Waals surface area contributed by atoms with Crippen LogP contribution in [0.5, 0.6) is 5.75 Å². The highest BCUT2D eigenvalue weighted by atomic mass is 16.3. The van der Waals surface area contributed by atoms with E-state index in [0.29, 0.717) is 17.1 Å². The smallest absolute Gasteiger partial charge is 0.200 e. The maximum absolute atomic E-state index is 15.0. The molecule has 0 saturated carbocycles. The summed E-state index contributed by atoms with van der Waals surface area (Å²) >= 11 is 0. The van der Waals surface area contributed by atoms with E-state index in [1.165, 1.54) is 138 Å². The van der Waals surface area contributed by atoms with Gasteiger partial charge in [0.2, 0.25) is 0 Å². The molecule has 5 aromatic rings. The predicted octanol–water partition coefficient (Wildman–Crippen LogP) is 16.1. The molecule has 0 aromatic heterocycles. The SMILES string of the molecule is CCCCCCCCc1ccc(Nc2ccc(O)c3c2C(=O)c2c(Nc4ccc(CCCCCCCC)cc4)ccc(Nc4ccc(CCCCCCCC)cc4)c2C3=O)cc1. The van der Waals surface area contributed by atoms with Crippen molar-refractivity contribution in [2.75, 3.05) is 16.0 Å². The lowest BCUT2D eigenvalue weighted by atomic mass is 9.80. The van der Waals surface area contributed by atoms with Gasteiger partial charge in [-0.3, -0.25) is 9.59 Å². The number of anilines is 6. The van der Waals surface area contributed by atoms with E-state index in [0.717, 1.165) is 36.3 Å². The summed E-state index contributed by atoms with van der Waals surface area (Å²) in [5.41, 5.74) is 8.57. The van der Waals surface area contributed by atoms with Crippen LogP contribution < -0.4 is 16.0 Å².